The van der Waals surface area contributed by atoms with Gasteiger partial charge in [-0.1, -0.05) is 11.6 Å². The molecule has 0 radical (unpaired) electrons. The number of aryl methyl sites for hydroxylation is 1. The zero-order valence-corrected chi connectivity index (χ0v) is 21.8. The SMILES string of the molecule is Cn1ccc(=O)n(Cc2cc3nccc(-c4cc(Cl)cc5c4OC(C(=O)N4CCCCC4)C5)c3s2)c1=O. The lowest BCUT2D eigenvalue weighted by Gasteiger charge is -2.28. The third-order valence-electron chi connectivity index (χ3n) is 7.05. The molecule has 1 aromatic carbocycles. The topological polar surface area (TPSA) is 86.4 Å². The van der Waals surface area contributed by atoms with Gasteiger partial charge in [0, 0.05) is 71.6 Å². The van der Waals surface area contributed by atoms with Crippen LogP contribution < -0.4 is 16.0 Å². The minimum absolute atomic E-state index is 0.0335. The monoisotopic (exact) mass is 536 g/mol. The van der Waals surface area contributed by atoms with E-state index in [0.29, 0.717) is 17.2 Å². The average Bonchev–Trinajstić information content (AvgIpc) is 3.52. The van der Waals surface area contributed by atoms with Crippen LogP contribution in [0.1, 0.15) is 29.7 Å². The first-order chi connectivity index (χ1) is 17.9. The molecule has 0 bridgehead atoms. The van der Waals surface area contributed by atoms with Crippen molar-refractivity contribution in [3.05, 3.63) is 79.0 Å². The van der Waals surface area contributed by atoms with Crippen molar-refractivity contribution in [1.29, 1.82) is 0 Å². The van der Waals surface area contributed by atoms with Crippen molar-refractivity contribution in [2.24, 2.45) is 7.05 Å². The van der Waals surface area contributed by atoms with Crippen LogP contribution in [0.5, 0.6) is 5.75 Å². The second-order valence-corrected chi connectivity index (χ2v) is 11.1. The van der Waals surface area contributed by atoms with Crippen LogP contribution in [0, 0.1) is 0 Å². The number of halogens is 1. The van der Waals surface area contributed by atoms with Crippen molar-refractivity contribution in [3.8, 4) is 16.9 Å². The van der Waals surface area contributed by atoms with Gasteiger partial charge in [0.25, 0.3) is 11.5 Å². The molecule has 1 saturated heterocycles. The van der Waals surface area contributed by atoms with Gasteiger partial charge in [0.15, 0.2) is 6.10 Å². The highest BCUT2D eigenvalue weighted by atomic mass is 35.5. The van der Waals surface area contributed by atoms with Crippen molar-refractivity contribution >= 4 is 39.1 Å². The molecule has 6 rings (SSSR count). The zero-order valence-electron chi connectivity index (χ0n) is 20.3. The molecule has 10 heteroatoms. The summed E-state index contributed by atoms with van der Waals surface area (Å²) in [7, 11) is 1.62. The number of nitrogens with zero attached hydrogens (tertiary/aromatic N) is 4. The number of benzene rings is 1. The van der Waals surface area contributed by atoms with Gasteiger partial charge in [0.1, 0.15) is 5.75 Å². The lowest BCUT2D eigenvalue weighted by atomic mass is 10.0. The van der Waals surface area contributed by atoms with Crippen molar-refractivity contribution < 1.29 is 9.53 Å². The van der Waals surface area contributed by atoms with E-state index in [1.807, 2.05) is 29.2 Å². The Bertz CT molecular complexity index is 1650. The number of thiophene rings is 1. The summed E-state index contributed by atoms with van der Waals surface area (Å²) in [5, 5.41) is 0.574. The fourth-order valence-electron chi connectivity index (χ4n) is 5.17. The molecule has 1 amide bonds. The molecule has 1 fully saturated rings. The fraction of sp³-hybridized carbons (Fsp3) is 0.333. The fourth-order valence-corrected chi connectivity index (χ4v) is 6.54. The Morgan fingerprint density at radius 3 is 2.76 bits per heavy atom. The maximum atomic E-state index is 13.2. The summed E-state index contributed by atoms with van der Waals surface area (Å²) in [6.45, 7) is 1.71. The van der Waals surface area contributed by atoms with Gasteiger partial charge in [0.2, 0.25) is 0 Å². The number of ether oxygens (including phenoxy) is 1. The molecule has 0 spiro atoms. The molecule has 2 aliphatic rings. The summed E-state index contributed by atoms with van der Waals surface area (Å²) in [5.41, 5.74) is 2.65. The highest BCUT2D eigenvalue weighted by Crippen LogP contribution is 2.44. The van der Waals surface area contributed by atoms with Gasteiger partial charge in [-0.3, -0.25) is 19.1 Å². The third kappa shape index (κ3) is 4.36. The second kappa shape index (κ2) is 9.46. The van der Waals surface area contributed by atoms with E-state index in [1.54, 1.807) is 13.2 Å². The summed E-state index contributed by atoms with van der Waals surface area (Å²) in [6.07, 6.45) is 6.34. The van der Waals surface area contributed by atoms with E-state index in [9.17, 15) is 14.4 Å². The molecule has 0 saturated carbocycles. The van der Waals surface area contributed by atoms with Crippen LogP contribution in [-0.4, -0.2) is 44.1 Å². The number of fused-ring (bicyclic) bond motifs is 2. The summed E-state index contributed by atoms with van der Waals surface area (Å²) in [5.74, 6) is 0.710. The molecule has 1 unspecified atom stereocenters. The maximum Gasteiger partial charge on any atom is 0.331 e. The lowest BCUT2D eigenvalue weighted by molar-refractivity contribution is -0.138. The van der Waals surface area contributed by atoms with Crippen LogP contribution in [0.25, 0.3) is 21.3 Å². The van der Waals surface area contributed by atoms with Crippen molar-refractivity contribution in [2.45, 2.75) is 38.3 Å². The summed E-state index contributed by atoms with van der Waals surface area (Å²) in [4.78, 5) is 45.3. The number of hydrogen-bond acceptors (Lipinski definition) is 6. The first-order valence-corrected chi connectivity index (χ1v) is 13.5. The Kier molecular flexibility index (Phi) is 6.12. The number of carbonyl (C=O) groups is 1. The van der Waals surface area contributed by atoms with E-state index in [2.05, 4.69) is 4.98 Å². The van der Waals surface area contributed by atoms with E-state index in [0.717, 1.165) is 64.1 Å². The summed E-state index contributed by atoms with van der Waals surface area (Å²) in [6, 6.07) is 8.92. The molecule has 190 valence electrons. The van der Waals surface area contributed by atoms with E-state index < -0.39 is 6.10 Å². The highest BCUT2D eigenvalue weighted by Gasteiger charge is 2.35. The molecule has 4 aromatic rings. The van der Waals surface area contributed by atoms with Crippen LogP contribution in [0.4, 0.5) is 0 Å². The van der Waals surface area contributed by atoms with Crippen LogP contribution >= 0.6 is 22.9 Å². The van der Waals surface area contributed by atoms with Crippen LogP contribution in [0.3, 0.4) is 0 Å². The number of pyridine rings is 1. The number of piperidine rings is 1. The van der Waals surface area contributed by atoms with Gasteiger partial charge in [-0.25, -0.2) is 4.79 Å². The largest absolute Gasteiger partial charge is 0.479 e. The van der Waals surface area contributed by atoms with Crippen LogP contribution in [0.15, 0.2) is 52.3 Å². The summed E-state index contributed by atoms with van der Waals surface area (Å²) < 4.78 is 9.79. The number of likely N-dealkylation sites (tertiary alicyclic amines) is 1. The molecule has 8 nitrogen and oxygen atoms in total. The van der Waals surface area contributed by atoms with E-state index >= 15 is 0 Å². The van der Waals surface area contributed by atoms with Crippen LogP contribution in [0.2, 0.25) is 5.02 Å². The molecule has 0 N–H and O–H groups in total. The highest BCUT2D eigenvalue weighted by molar-refractivity contribution is 7.19. The minimum Gasteiger partial charge on any atom is -0.479 e. The van der Waals surface area contributed by atoms with E-state index in [1.165, 1.54) is 32.7 Å². The van der Waals surface area contributed by atoms with Crippen molar-refractivity contribution in [2.75, 3.05) is 13.1 Å². The Labute approximate surface area is 221 Å². The molecule has 2 aliphatic heterocycles. The van der Waals surface area contributed by atoms with Crippen molar-refractivity contribution in [1.82, 2.24) is 19.0 Å². The molecular weight excluding hydrogens is 512 g/mol. The van der Waals surface area contributed by atoms with E-state index in [4.69, 9.17) is 16.3 Å². The standard InChI is InChI=1S/C27H25ClN4O4S/c1-30-10-6-23(33)32(27(30)35)15-18-14-21-25(37-18)19(5-7-29-21)20-13-17(28)11-16-12-22(36-24(16)20)26(34)31-8-3-2-4-9-31/h5-7,10-11,13-14,22H,2-4,8-9,12,15H2,1H3. The molecular formula is C27H25ClN4O4S. The second-order valence-electron chi connectivity index (χ2n) is 9.56. The van der Waals surface area contributed by atoms with Gasteiger partial charge < -0.3 is 14.2 Å². The lowest BCUT2D eigenvalue weighted by Crippen LogP contribution is -2.43. The molecule has 0 aliphatic carbocycles. The molecule has 37 heavy (non-hydrogen) atoms. The van der Waals surface area contributed by atoms with E-state index in [-0.39, 0.29) is 23.7 Å². The van der Waals surface area contributed by atoms with Crippen LogP contribution in [-0.2, 0) is 24.8 Å². The number of amides is 1. The summed E-state index contributed by atoms with van der Waals surface area (Å²) >= 11 is 8.00. The predicted octanol–water partition coefficient (Wildman–Crippen LogP) is 3.84. The Balaban J connectivity index is 1.37. The Morgan fingerprint density at radius 2 is 1.95 bits per heavy atom. The number of aromatic nitrogens is 3. The quantitative estimate of drug-likeness (QED) is 0.395. The van der Waals surface area contributed by atoms with Gasteiger partial charge in [-0.2, -0.15) is 0 Å². The Morgan fingerprint density at radius 1 is 1.14 bits per heavy atom. The number of rotatable bonds is 4. The molecule has 5 heterocycles. The maximum absolute atomic E-state index is 13.2. The normalized spacial score (nSPS) is 17.1. The average molecular weight is 537 g/mol. The first kappa shape index (κ1) is 23.9. The molecule has 1 atom stereocenters. The Hall–Kier alpha value is -3.43. The number of carbonyl (C=O) groups excluding carboxylic acids is 1. The van der Waals surface area contributed by atoms with Gasteiger partial charge in [0.05, 0.1) is 16.8 Å². The third-order valence-corrected chi connectivity index (χ3v) is 8.41. The number of hydrogen-bond donors (Lipinski definition) is 0. The minimum atomic E-state index is -0.553. The predicted molar refractivity (Wildman–Crippen MR) is 144 cm³/mol. The van der Waals surface area contributed by atoms with Gasteiger partial charge in [-0.15, -0.1) is 11.3 Å². The van der Waals surface area contributed by atoms with Gasteiger partial charge >= 0.3 is 5.69 Å². The van der Waals surface area contributed by atoms with Crippen molar-refractivity contribution in [3.63, 3.8) is 0 Å². The van der Waals surface area contributed by atoms with Gasteiger partial charge in [-0.05, 0) is 43.5 Å². The smallest absolute Gasteiger partial charge is 0.331 e. The molecule has 3 aromatic heterocycles. The first-order valence-electron chi connectivity index (χ1n) is 12.3. The zero-order chi connectivity index (χ0) is 25.7.